The Morgan fingerprint density at radius 1 is 1.14 bits per heavy atom. The molecule has 0 bridgehead atoms. The first kappa shape index (κ1) is 24.1. The highest BCUT2D eigenvalue weighted by Crippen LogP contribution is 2.30. The predicted molar refractivity (Wildman–Crippen MR) is 138 cm³/mol. The van der Waals surface area contributed by atoms with Gasteiger partial charge in [-0.25, -0.2) is 19.5 Å². The molecule has 0 saturated heterocycles. The molecule has 1 unspecified atom stereocenters. The van der Waals surface area contributed by atoms with Crippen LogP contribution in [-0.2, 0) is 0 Å². The van der Waals surface area contributed by atoms with E-state index < -0.39 is 6.10 Å². The molecule has 0 spiro atoms. The molecule has 1 saturated carbocycles. The summed E-state index contributed by atoms with van der Waals surface area (Å²) in [6, 6.07) is 10.1. The lowest BCUT2D eigenvalue weighted by molar-refractivity contribution is 0.108. The number of aromatic nitrogens is 6. The molecule has 188 valence electrons. The van der Waals surface area contributed by atoms with E-state index in [4.69, 9.17) is 14.7 Å². The molecule has 4 aromatic rings. The van der Waals surface area contributed by atoms with Crippen LogP contribution >= 0.6 is 0 Å². The lowest BCUT2D eigenvalue weighted by Crippen LogP contribution is -2.34. The fourth-order valence-corrected chi connectivity index (χ4v) is 4.61. The first-order chi connectivity index (χ1) is 17.6. The molecule has 1 fully saturated rings. The molecule has 36 heavy (non-hydrogen) atoms. The molecule has 10 nitrogen and oxygen atoms in total. The zero-order valence-electron chi connectivity index (χ0n) is 20.7. The second kappa shape index (κ2) is 11.0. The van der Waals surface area contributed by atoms with Gasteiger partial charge in [0, 0.05) is 49.2 Å². The van der Waals surface area contributed by atoms with Crippen LogP contribution in [0, 0.1) is 0 Å². The number of aliphatic hydroxyl groups excluding tert-OH is 1. The van der Waals surface area contributed by atoms with Crippen LogP contribution in [-0.4, -0.2) is 74.0 Å². The number of benzene rings is 1. The van der Waals surface area contributed by atoms with Crippen LogP contribution in [0.4, 0.5) is 5.82 Å². The van der Waals surface area contributed by atoms with Crippen LogP contribution in [0.25, 0.3) is 28.4 Å². The zero-order chi connectivity index (χ0) is 24.9. The number of nitrogens with one attached hydrogen (secondary N) is 1. The number of hydrogen-bond donors (Lipinski definition) is 2. The van der Waals surface area contributed by atoms with E-state index in [0.29, 0.717) is 29.9 Å². The smallest absolute Gasteiger partial charge is 0.252 e. The molecule has 0 amide bonds. The average molecular weight is 489 g/mol. The fourth-order valence-electron chi connectivity index (χ4n) is 4.61. The molecule has 1 aromatic carbocycles. The quantitative estimate of drug-likeness (QED) is 0.367. The lowest BCUT2D eigenvalue weighted by atomic mass is 9.94. The van der Waals surface area contributed by atoms with Crippen molar-refractivity contribution in [2.24, 2.45) is 0 Å². The third kappa shape index (κ3) is 5.44. The summed E-state index contributed by atoms with van der Waals surface area (Å²) in [5, 5.41) is 17.2. The van der Waals surface area contributed by atoms with Crippen molar-refractivity contribution in [2.75, 3.05) is 32.1 Å². The Morgan fingerprint density at radius 3 is 2.83 bits per heavy atom. The number of aliphatic hydroxyl groups is 1. The minimum Gasteiger partial charge on any atom is -0.491 e. The van der Waals surface area contributed by atoms with Crippen molar-refractivity contribution in [2.45, 2.75) is 44.2 Å². The Morgan fingerprint density at radius 2 is 2.00 bits per heavy atom. The summed E-state index contributed by atoms with van der Waals surface area (Å²) >= 11 is 0. The monoisotopic (exact) mass is 488 g/mol. The van der Waals surface area contributed by atoms with Gasteiger partial charge < -0.3 is 20.1 Å². The van der Waals surface area contributed by atoms with Gasteiger partial charge in [-0.3, -0.25) is 0 Å². The van der Waals surface area contributed by atoms with Gasteiger partial charge in [0.05, 0.1) is 5.69 Å². The number of hydrogen-bond acceptors (Lipinski definition) is 9. The van der Waals surface area contributed by atoms with E-state index in [1.807, 2.05) is 36.5 Å². The van der Waals surface area contributed by atoms with Gasteiger partial charge >= 0.3 is 0 Å². The van der Waals surface area contributed by atoms with Crippen molar-refractivity contribution in [3.63, 3.8) is 0 Å². The SMILES string of the molecule is CNCC(O)COc1cccc(-c2nc(-c3cnc4ncnn4c3)cc(N(C)C3CCCCC3)n2)c1. The van der Waals surface area contributed by atoms with Crippen molar-refractivity contribution in [1.29, 1.82) is 0 Å². The molecular formula is C26H32N8O2. The van der Waals surface area contributed by atoms with Gasteiger partial charge in [0.2, 0.25) is 0 Å². The fraction of sp³-hybridized carbons (Fsp3) is 0.423. The van der Waals surface area contributed by atoms with Crippen molar-refractivity contribution >= 4 is 11.6 Å². The third-order valence-electron chi connectivity index (χ3n) is 6.60. The van der Waals surface area contributed by atoms with Gasteiger partial charge in [-0.05, 0) is 32.0 Å². The first-order valence-corrected chi connectivity index (χ1v) is 12.4. The Labute approximate surface area is 210 Å². The number of nitrogens with zero attached hydrogens (tertiary/aromatic N) is 7. The maximum Gasteiger partial charge on any atom is 0.252 e. The number of ether oxygens (including phenoxy) is 1. The van der Waals surface area contributed by atoms with Crippen molar-refractivity contribution in [3.8, 4) is 28.4 Å². The summed E-state index contributed by atoms with van der Waals surface area (Å²) in [6.07, 6.45) is 10.6. The summed E-state index contributed by atoms with van der Waals surface area (Å²) in [7, 11) is 3.92. The van der Waals surface area contributed by atoms with Crippen LogP contribution < -0.4 is 15.0 Å². The minimum absolute atomic E-state index is 0.199. The second-order valence-electron chi connectivity index (χ2n) is 9.24. The zero-order valence-corrected chi connectivity index (χ0v) is 20.7. The van der Waals surface area contributed by atoms with Gasteiger partial charge in [0.15, 0.2) is 5.82 Å². The number of rotatable bonds is 9. The van der Waals surface area contributed by atoms with Crippen LogP contribution in [0.15, 0.2) is 49.1 Å². The topological polar surface area (TPSA) is 114 Å². The van der Waals surface area contributed by atoms with Crippen LogP contribution in [0.2, 0.25) is 0 Å². The molecule has 2 N–H and O–H groups in total. The van der Waals surface area contributed by atoms with E-state index in [-0.39, 0.29) is 6.61 Å². The standard InChI is InChI=1S/C26H32N8O2/c1-27-14-21(35)16-36-22-10-6-7-18(11-22)25-31-23(19-13-28-26-29-17-30-34(26)15-19)12-24(32-25)33(2)20-8-4-3-5-9-20/h6-7,10-13,15,17,20-21,27,35H,3-5,8-9,14,16H2,1-2H3. The second-order valence-corrected chi connectivity index (χ2v) is 9.24. The van der Waals surface area contributed by atoms with Gasteiger partial charge in [0.25, 0.3) is 5.78 Å². The van der Waals surface area contributed by atoms with E-state index in [2.05, 4.69) is 32.3 Å². The summed E-state index contributed by atoms with van der Waals surface area (Å²) < 4.78 is 7.47. The highest BCUT2D eigenvalue weighted by atomic mass is 16.5. The summed E-state index contributed by atoms with van der Waals surface area (Å²) in [4.78, 5) is 20.7. The van der Waals surface area contributed by atoms with Gasteiger partial charge in [0.1, 0.15) is 30.6 Å². The Balaban J connectivity index is 1.51. The van der Waals surface area contributed by atoms with E-state index in [1.165, 1.54) is 25.6 Å². The minimum atomic E-state index is -0.590. The Hall–Kier alpha value is -3.63. The van der Waals surface area contributed by atoms with E-state index in [9.17, 15) is 5.11 Å². The van der Waals surface area contributed by atoms with E-state index >= 15 is 0 Å². The largest absolute Gasteiger partial charge is 0.491 e. The van der Waals surface area contributed by atoms with Crippen molar-refractivity contribution < 1.29 is 9.84 Å². The molecule has 10 heteroatoms. The normalized spacial score (nSPS) is 15.2. The third-order valence-corrected chi connectivity index (χ3v) is 6.60. The first-order valence-electron chi connectivity index (χ1n) is 12.4. The Kier molecular flexibility index (Phi) is 7.33. The molecule has 0 aliphatic heterocycles. The molecule has 5 rings (SSSR count). The highest BCUT2D eigenvalue weighted by Gasteiger charge is 2.21. The Bertz CT molecular complexity index is 1300. The van der Waals surface area contributed by atoms with Gasteiger partial charge in [-0.1, -0.05) is 31.4 Å². The summed E-state index contributed by atoms with van der Waals surface area (Å²) in [5.41, 5.74) is 2.43. The number of anilines is 1. The van der Waals surface area contributed by atoms with Crippen LogP contribution in [0.5, 0.6) is 5.75 Å². The van der Waals surface area contributed by atoms with Crippen molar-refractivity contribution in [3.05, 3.63) is 49.1 Å². The van der Waals surface area contributed by atoms with Crippen LogP contribution in [0.1, 0.15) is 32.1 Å². The molecular weight excluding hydrogens is 456 g/mol. The summed E-state index contributed by atoms with van der Waals surface area (Å²) in [5.74, 6) is 2.67. The maximum absolute atomic E-state index is 10.0. The van der Waals surface area contributed by atoms with E-state index in [0.717, 1.165) is 35.5 Å². The van der Waals surface area contributed by atoms with E-state index in [1.54, 1.807) is 17.8 Å². The molecule has 0 radical (unpaired) electrons. The molecule has 3 heterocycles. The lowest BCUT2D eigenvalue weighted by Gasteiger charge is -2.32. The predicted octanol–water partition coefficient (Wildman–Crippen LogP) is 2.98. The molecule has 1 aliphatic carbocycles. The molecule has 1 atom stereocenters. The molecule has 3 aromatic heterocycles. The number of fused-ring (bicyclic) bond motifs is 1. The highest BCUT2D eigenvalue weighted by molar-refractivity contribution is 5.68. The van der Waals surface area contributed by atoms with Gasteiger partial charge in [-0.15, -0.1) is 0 Å². The number of likely N-dealkylation sites (N-methyl/N-ethyl adjacent to an activating group) is 1. The maximum atomic E-state index is 10.0. The van der Waals surface area contributed by atoms with Crippen LogP contribution in [0.3, 0.4) is 0 Å². The van der Waals surface area contributed by atoms with Gasteiger partial charge in [-0.2, -0.15) is 10.1 Å². The van der Waals surface area contributed by atoms with Crippen molar-refractivity contribution in [1.82, 2.24) is 34.9 Å². The molecule has 1 aliphatic rings. The average Bonchev–Trinajstić information content (AvgIpc) is 3.40. The summed E-state index contributed by atoms with van der Waals surface area (Å²) in [6.45, 7) is 0.663.